The van der Waals surface area contributed by atoms with Crippen LogP contribution in [0.25, 0.3) is 0 Å². The first kappa shape index (κ1) is 16.9. The molecule has 1 saturated heterocycles. The predicted octanol–water partition coefficient (Wildman–Crippen LogP) is 4.22. The molecule has 1 heterocycles. The van der Waals surface area contributed by atoms with Crippen molar-refractivity contribution in [2.24, 2.45) is 0 Å². The molecule has 0 unspecified atom stereocenters. The summed E-state index contributed by atoms with van der Waals surface area (Å²) in [6.45, 7) is 5.23. The second-order valence-electron chi connectivity index (χ2n) is 6.42. The lowest BCUT2D eigenvalue weighted by molar-refractivity contribution is -0.130. The molecule has 22 heavy (non-hydrogen) atoms. The van der Waals surface area contributed by atoms with Gasteiger partial charge in [0, 0.05) is 38.8 Å². The number of unbranched alkanes of at least 4 members (excludes halogenated alkanes) is 2. The van der Waals surface area contributed by atoms with Crippen LogP contribution in [0.4, 0.5) is 5.69 Å². The summed E-state index contributed by atoms with van der Waals surface area (Å²) in [5.74, 6) is 0.258. The molecule has 0 atom stereocenters. The van der Waals surface area contributed by atoms with Gasteiger partial charge in [-0.05, 0) is 43.4 Å². The van der Waals surface area contributed by atoms with Crippen molar-refractivity contribution in [3.05, 3.63) is 29.8 Å². The van der Waals surface area contributed by atoms with Crippen LogP contribution in [0.1, 0.15) is 57.4 Å². The van der Waals surface area contributed by atoms with Gasteiger partial charge >= 0.3 is 0 Å². The number of benzene rings is 1. The Hall–Kier alpha value is -1.51. The first-order chi connectivity index (χ1) is 10.7. The fourth-order valence-corrected chi connectivity index (χ4v) is 3.04. The van der Waals surface area contributed by atoms with Gasteiger partial charge in [0.05, 0.1) is 0 Å². The Bertz CT molecular complexity index is 449. The predicted molar refractivity (Wildman–Crippen MR) is 93.1 cm³/mol. The van der Waals surface area contributed by atoms with Gasteiger partial charge in [0.15, 0.2) is 0 Å². The largest absolute Gasteiger partial charge is 0.372 e. The molecule has 2 rings (SSSR count). The summed E-state index contributed by atoms with van der Waals surface area (Å²) in [5, 5.41) is 0. The van der Waals surface area contributed by atoms with Crippen LogP contribution in [0.3, 0.4) is 0 Å². The highest BCUT2D eigenvalue weighted by Gasteiger charge is 2.12. The van der Waals surface area contributed by atoms with Crippen molar-refractivity contribution in [1.82, 2.24) is 4.90 Å². The second-order valence-corrected chi connectivity index (χ2v) is 6.42. The zero-order chi connectivity index (χ0) is 15.8. The third-order valence-corrected chi connectivity index (χ3v) is 4.50. The molecule has 0 N–H and O–H groups in total. The van der Waals surface area contributed by atoms with Crippen LogP contribution in [-0.2, 0) is 11.3 Å². The molecule has 0 aromatic heterocycles. The second kappa shape index (κ2) is 8.82. The summed E-state index contributed by atoms with van der Waals surface area (Å²) in [6.07, 6.45) is 7.95. The van der Waals surface area contributed by atoms with E-state index in [0.717, 1.165) is 19.3 Å². The zero-order valence-corrected chi connectivity index (χ0v) is 14.2. The SMILES string of the molecule is CCCCCC(=O)N(C)Cc1ccc(N2CCCCC2)cc1. The molecule has 3 nitrogen and oxygen atoms in total. The fraction of sp³-hybridized carbons (Fsp3) is 0.632. The number of hydrogen-bond donors (Lipinski definition) is 0. The third-order valence-electron chi connectivity index (χ3n) is 4.50. The van der Waals surface area contributed by atoms with Gasteiger partial charge in [-0.2, -0.15) is 0 Å². The highest BCUT2D eigenvalue weighted by atomic mass is 16.2. The molecule has 0 saturated carbocycles. The molecular formula is C19H30N2O. The van der Waals surface area contributed by atoms with Crippen LogP contribution >= 0.6 is 0 Å². The van der Waals surface area contributed by atoms with Gasteiger partial charge in [-0.25, -0.2) is 0 Å². The van der Waals surface area contributed by atoms with E-state index in [-0.39, 0.29) is 5.91 Å². The molecule has 0 spiro atoms. The zero-order valence-electron chi connectivity index (χ0n) is 14.2. The van der Waals surface area contributed by atoms with Crippen LogP contribution in [0.2, 0.25) is 0 Å². The average molecular weight is 302 g/mol. The first-order valence-corrected chi connectivity index (χ1v) is 8.78. The van der Waals surface area contributed by atoms with Crippen molar-refractivity contribution in [1.29, 1.82) is 0 Å². The van der Waals surface area contributed by atoms with Gasteiger partial charge < -0.3 is 9.80 Å². The van der Waals surface area contributed by atoms with Gasteiger partial charge in [0.25, 0.3) is 0 Å². The van der Waals surface area contributed by atoms with Crippen LogP contribution in [-0.4, -0.2) is 30.9 Å². The van der Waals surface area contributed by atoms with Crippen molar-refractivity contribution in [2.45, 2.75) is 58.4 Å². The van der Waals surface area contributed by atoms with Crippen LogP contribution in [0.15, 0.2) is 24.3 Å². The standard InChI is InChI=1S/C19H30N2O/c1-3-4-6-9-19(22)20(2)16-17-10-12-18(13-11-17)21-14-7-5-8-15-21/h10-13H,3-9,14-16H2,1-2H3. The molecule has 0 radical (unpaired) electrons. The van der Waals surface area contributed by atoms with Crippen molar-refractivity contribution in [2.75, 3.05) is 25.0 Å². The summed E-state index contributed by atoms with van der Waals surface area (Å²) in [4.78, 5) is 16.4. The van der Waals surface area contributed by atoms with Crippen LogP contribution in [0, 0.1) is 0 Å². The highest BCUT2D eigenvalue weighted by Crippen LogP contribution is 2.20. The van der Waals surface area contributed by atoms with E-state index in [1.807, 2.05) is 11.9 Å². The summed E-state index contributed by atoms with van der Waals surface area (Å²) < 4.78 is 0. The minimum absolute atomic E-state index is 0.258. The summed E-state index contributed by atoms with van der Waals surface area (Å²) in [7, 11) is 1.91. The van der Waals surface area contributed by atoms with Crippen molar-refractivity contribution >= 4 is 11.6 Å². The lowest BCUT2D eigenvalue weighted by Gasteiger charge is -2.29. The fourth-order valence-electron chi connectivity index (χ4n) is 3.04. The Morgan fingerprint density at radius 1 is 1.09 bits per heavy atom. The van der Waals surface area contributed by atoms with E-state index < -0.39 is 0 Å². The van der Waals surface area contributed by atoms with Gasteiger partial charge in [0.2, 0.25) is 5.91 Å². The quantitative estimate of drug-likeness (QED) is 0.704. The minimum atomic E-state index is 0.258. The van der Waals surface area contributed by atoms with Gasteiger partial charge in [-0.3, -0.25) is 4.79 Å². The van der Waals surface area contributed by atoms with E-state index in [1.54, 1.807) is 0 Å². The molecule has 0 aliphatic carbocycles. The molecule has 1 aliphatic heterocycles. The molecular weight excluding hydrogens is 272 g/mol. The maximum atomic E-state index is 12.1. The van der Waals surface area contributed by atoms with Gasteiger partial charge in [-0.15, -0.1) is 0 Å². The lowest BCUT2D eigenvalue weighted by Crippen LogP contribution is -2.29. The molecule has 0 bridgehead atoms. The Kier molecular flexibility index (Phi) is 6.75. The van der Waals surface area contributed by atoms with E-state index >= 15 is 0 Å². The number of piperidine rings is 1. The number of carbonyl (C=O) groups is 1. The molecule has 1 aromatic carbocycles. The summed E-state index contributed by atoms with van der Waals surface area (Å²) in [5.41, 5.74) is 2.53. The summed E-state index contributed by atoms with van der Waals surface area (Å²) in [6, 6.07) is 8.74. The van der Waals surface area contributed by atoms with Crippen LogP contribution < -0.4 is 4.90 Å². The maximum Gasteiger partial charge on any atom is 0.222 e. The Labute approximate surface area is 135 Å². The molecule has 122 valence electrons. The highest BCUT2D eigenvalue weighted by molar-refractivity contribution is 5.75. The molecule has 1 fully saturated rings. The maximum absolute atomic E-state index is 12.1. The first-order valence-electron chi connectivity index (χ1n) is 8.78. The van der Waals surface area contributed by atoms with E-state index in [4.69, 9.17) is 0 Å². The Balaban J connectivity index is 1.83. The summed E-state index contributed by atoms with van der Waals surface area (Å²) >= 11 is 0. The number of carbonyl (C=O) groups excluding carboxylic acids is 1. The van der Waals surface area contributed by atoms with Crippen molar-refractivity contribution < 1.29 is 4.79 Å². The van der Waals surface area contributed by atoms with Crippen molar-refractivity contribution in [3.63, 3.8) is 0 Å². The van der Waals surface area contributed by atoms with Gasteiger partial charge in [-0.1, -0.05) is 31.9 Å². The van der Waals surface area contributed by atoms with Crippen LogP contribution in [0.5, 0.6) is 0 Å². The lowest BCUT2D eigenvalue weighted by atomic mass is 10.1. The van der Waals surface area contributed by atoms with Crippen molar-refractivity contribution in [3.8, 4) is 0 Å². The van der Waals surface area contributed by atoms with E-state index in [1.165, 1.54) is 43.6 Å². The molecule has 1 aromatic rings. The Morgan fingerprint density at radius 3 is 2.41 bits per heavy atom. The van der Waals surface area contributed by atoms with Gasteiger partial charge in [0.1, 0.15) is 0 Å². The smallest absolute Gasteiger partial charge is 0.222 e. The Morgan fingerprint density at radius 2 is 1.77 bits per heavy atom. The molecule has 1 amide bonds. The number of anilines is 1. The number of nitrogens with zero attached hydrogens (tertiary/aromatic N) is 2. The number of rotatable bonds is 7. The topological polar surface area (TPSA) is 23.6 Å². The monoisotopic (exact) mass is 302 g/mol. The normalized spacial score (nSPS) is 14.9. The third kappa shape index (κ3) is 5.04. The number of amides is 1. The average Bonchev–Trinajstić information content (AvgIpc) is 2.56. The van der Waals surface area contributed by atoms with E-state index in [2.05, 4.69) is 36.1 Å². The van der Waals surface area contributed by atoms with E-state index in [9.17, 15) is 4.79 Å². The molecule has 3 heteroatoms. The van der Waals surface area contributed by atoms with E-state index in [0.29, 0.717) is 13.0 Å². The number of hydrogen-bond acceptors (Lipinski definition) is 2. The molecule has 1 aliphatic rings. The minimum Gasteiger partial charge on any atom is -0.372 e.